The van der Waals surface area contributed by atoms with Gasteiger partial charge in [0.25, 0.3) is 0 Å². The average molecular weight is 265 g/mol. The lowest BCUT2D eigenvalue weighted by Crippen LogP contribution is -2.05. The van der Waals surface area contributed by atoms with Gasteiger partial charge in [-0.2, -0.15) is 0 Å². The molecule has 3 rings (SSSR count). The zero-order valence-corrected chi connectivity index (χ0v) is 11.2. The first-order valence-electron chi connectivity index (χ1n) is 6.60. The van der Waals surface area contributed by atoms with Crippen molar-refractivity contribution in [3.05, 3.63) is 28.8 Å². The van der Waals surface area contributed by atoms with Gasteiger partial charge in [-0.25, -0.2) is 0 Å². The number of ketones is 1. The van der Waals surface area contributed by atoms with E-state index in [0.29, 0.717) is 28.2 Å². The first-order chi connectivity index (χ1) is 8.72. The van der Waals surface area contributed by atoms with Crippen LogP contribution in [-0.4, -0.2) is 12.9 Å². The molecule has 2 atom stereocenters. The van der Waals surface area contributed by atoms with E-state index in [4.69, 9.17) is 16.3 Å². The molecule has 2 nitrogen and oxygen atoms in total. The lowest BCUT2D eigenvalue weighted by atomic mass is 10.0. The zero-order chi connectivity index (χ0) is 12.7. The van der Waals surface area contributed by atoms with E-state index < -0.39 is 0 Å². The van der Waals surface area contributed by atoms with Crippen molar-refractivity contribution in [3.63, 3.8) is 0 Å². The van der Waals surface area contributed by atoms with Crippen molar-refractivity contribution in [1.29, 1.82) is 0 Å². The van der Waals surface area contributed by atoms with E-state index in [1.165, 1.54) is 25.7 Å². The summed E-state index contributed by atoms with van der Waals surface area (Å²) in [5.74, 6) is 2.43. The number of ether oxygens (including phenoxy) is 1. The third-order valence-electron chi connectivity index (χ3n) is 4.40. The molecule has 2 saturated carbocycles. The summed E-state index contributed by atoms with van der Waals surface area (Å²) in [6.45, 7) is 0. The van der Waals surface area contributed by atoms with Crippen LogP contribution >= 0.6 is 11.6 Å². The number of methoxy groups -OCH3 is 1. The van der Waals surface area contributed by atoms with Crippen LogP contribution in [0.2, 0.25) is 5.02 Å². The van der Waals surface area contributed by atoms with Gasteiger partial charge in [-0.05, 0) is 42.9 Å². The Hall–Kier alpha value is -1.02. The Morgan fingerprint density at radius 3 is 2.50 bits per heavy atom. The normalized spacial score (nSPS) is 29.6. The van der Waals surface area contributed by atoms with Crippen LogP contribution in [0.15, 0.2) is 18.2 Å². The molecule has 0 aromatic heterocycles. The molecule has 2 aliphatic rings. The van der Waals surface area contributed by atoms with E-state index in [2.05, 4.69) is 0 Å². The van der Waals surface area contributed by atoms with Crippen LogP contribution in [0.5, 0.6) is 5.75 Å². The number of hydrogen-bond acceptors (Lipinski definition) is 2. The number of benzene rings is 1. The van der Waals surface area contributed by atoms with Crippen molar-refractivity contribution in [2.45, 2.75) is 25.7 Å². The second-order valence-electron chi connectivity index (χ2n) is 5.35. The van der Waals surface area contributed by atoms with Crippen LogP contribution in [0, 0.1) is 17.8 Å². The number of fused-ring (bicyclic) bond motifs is 1. The minimum atomic E-state index is 0.235. The van der Waals surface area contributed by atoms with Crippen molar-refractivity contribution in [2.24, 2.45) is 17.8 Å². The molecule has 2 fully saturated rings. The van der Waals surface area contributed by atoms with Gasteiger partial charge in [0.15, 0.2) is 5.78 Å². The van der Waals surface area contributed by atoms with E-state index in [0.717, 1.165) is 0 Å². The number of halogens is 1. The van der Waals surface area contributed by atoms with Crippen LogP contribution in [0.4, 0.5) is 0 Å². The summed E-state index contributed by atoms with van der Waals surface area (Å²) in [5, 5.41) is 0.517. The molecule has 0 saturated heterocycles. The highest BCUT2D eigenvalue weighted by Crippen LogP contribution is 2.56. The predicted octanol–water partition coefficient (Wildman–Crippen LogP) is 3.97. The number of Topliss-reactive ketones (excluding diaryl/α,β-unsaturated/α-hetero) is 1. The fraction of sp³-hybridized carbons (Fsp3) is 0.533. The van der Waals surface area contributed by atoms with Gasteiger partial charge >= 0.3 is 0 Å². The average Bonchev–Trinajstić information content (AvgIpc) is 3.12. The van der Waals surface area contributed by atoms with Crippen molar-refractivity contribution >= 4 is 17.4 Å². The number of rotatable bonds is 3. The first kappa shape index (κ1) is 12.0. The Balaban J connectivity index is 1.81. The molecule has 2 unspecified atom stereocenters. The third kappa shape index (κ3) is 1.93. The van der Waals surface area contributed by atoms with Gasteiger partial charge < -0.3 is 4.74 Å². The Labute approximate surface area is 112 Å². The zero-order valence-electron chi connectivity index (χ0n) is 10.5. The Morgan fingerprint density at radius 1 is 1.28 bits per heavy atom. The molecule has 96 valence electrons. The smallest absolute Gasteiger partial charge is 0.168 e. The van der Waals surface area contributed by atoms with E-state index >= 15 is 0 Å². The van der Waals surface area contributed by atoms with E-state index in [-0.39, 0.29) is 11.7 Å². The molecular formula is C15H17ClO2. The Morgan fingerprint density at radius 2 is 1.94 bits per heavy atom. The van der Waals surface area contributed by atoms with Crippen molar-refractivity contribution < 1.29 is 9.53 Å². The van der Waals surface area contributed by atoms with Crippen LogP contribution in [0.3, 0.4) is 0 Å². The van der Waals surface area contributed by atoms with Crippen molar-refractivity contribution in [2.75, 3.05) is 7.11 Å². The molecule has 3 heteroatoms. The molecule has 0 aliphatic heterocycles. The minimum Gasteiger partial charge on any atom is -0.497 e. The van der Waals surface area contributed by atoms with Gasteiger partial charge in [-0.15, -0.1) is 0 Å². The summed E-state index contributed by atoms with van der Waals surface area (Å²) in [7, 11) is 1.60. The topological polar surface area (TPSA) is 26.3 Å². The maximum Gasteiger partial charge on any atom is 0.168 e. The molecule has 0 bridgehead atoms. The van der Waals surface area contributed by atoms with Crippen LogP contribution in [0.25, 0.3) is 0 Å². The number of carbonyl (C=O) groups excluding carboxylic acids is 1. The van der Waals surface area contributed by atoms with Gasteiger partial charge in [0.1, 0.15) is 5.75 Å². The quantitative estimate of drug-likeness (QED) is 0.772. The van der Waals surface area contributed by atoms with Crippen molar-refractivity contribution in [3.8, 4) is 5.75 Å². The van der Waals surface area contributed by atoms with Crippen LogP contribution in [0.1, 0.15) is 36.0 Å². The summed E-state index contributed by atoms with van der Waals surface area (Å²) in [4.78, 5) is 12.5. The van der Waals surface area contributed by atoms with Gasteiger partial charge in [0.2, 0.25) is 0 Å². The van der Waals surface area contributed by atoms with Gasteiger partial charge in [0, 0.05) is 11.5 Å². The summed E-state index contributed by atoms with van der Waals surface area (Å²) in [6, 6.07) is 5.33. The first-order valence-corrected chi connectivity index (χ1v) is 6.98. The molecule has 2 aliphatic carbocycles. The fourth-order valence-electron chi connectivity index (χ4n) is 3.38. The number of carbonyl (C=O) groups is 1. The second kappa shape index (κ2) is 4.58. The van der Waals surface area contributed by atoms with Gasteiger partial charge in [-0.3, -0.25) is 4.79 Å². The Bertz CT molecular complexity index is 471. The predicted molar refractivity (Wildman–Crippen MR) is 71.3 cm³/mol. The molecule has 0 radical (unpaired) electrons. The summed E-state index contributed by atoms with van der Waals surface area (Å²) in [6.07, 6.45) is 4.99. The molecule has 0 N–H and O–H groups in total. The minimum absolute atomic E-state index is 0.235. The maximum atomic E-state index is 12.5. The van der Waals surface area contributed by atoms with Gasteiger partial charge in [0.05, 0.1) is 12.1 Å². The van der Waals surface area contributed by atoms with Crippen LogP contribution < -0.4 is 4.74 Å². The summed E-state index contributed by atoms with van der Waals surface area (Å²) < 4.78 is 5.10. The molecule has 0 heterocycles. The molecule has 0 spiro atoms. The molecule has 18 heavy (non-hydrogen) atoms. The van der Waals surface area contributed by atoms with Crippen LogP contribution in [-0.2, 0) is 0 Å². The Kier molecular flexibility index (Phi) is 3.06. The monoisotopic (exact) mass is 264 g/mol. The maximum absolute atomic E-state index is 12.5. The molecule has 1 aromatic rings. The van der Waals surface area contributed by atoms with Crippen molar-refractivity contribution in [1.82, 2.24) is 0 Å². The SMILES string of the molecule is COc1ccc(C(=O)C2C3CCCCC32)c(Cl)c1. The highest BCUT2D eigenvalue weighted by atomic mass is 35.5. The summed E-state index contributed by atoms with van der Waals surface area (Å²) >= 11 is 6.17. The highest BCUT2D eigenvalue weighted by molar-refractivity contribution is 6.34. The standard InChI is InChI=1S/C15H17ClO2/c1-18-9-6-7-12(13(16)8-9)15(17)14-10-4-2-3-5-11(10)14/h6-8,10-11,14H,2-5H2,1H3. The van der Waals surface area contributed by atoms with E-state index in [9.17, 15) is 4.79 Å². The third-order valence-corrected chi connectivity index (χ3v) is 4.71. The fourth-order valence-corrected chi connectivity index (χ4v) is 3.65. The summed E-state index contributed by atoms with van der Waals surface area (Å²) in [5.41, 5.74) is 0.664. The van der Waals surface area contributed by atoms with E-state index in [1.54, 1.807) is 19.2 Å². The lowest BCUT2D eigenvalue weighted by molar-refractivity contribution is 0.0956. The molecular weight excluding hydrogens is 248 g/mol. The van der Waals surface area contributed by atoms with Gasteiger partial charge in [-0.1, -0.05) is 24.4 Å². The number of hydrogen-bond donors (Lipinski definition) is 0. The largest absolute Gasteiger partial charge is 0.497 e. The lowest BCUT2D eigenvalue weighted by Gasteiger charge is -2.05. The van der Waals surface area contributed by atoms with E-state index in [1.807, 2.05) is 6.07 Å². The molecule has 0 amide bonds. The molecule has 1 aromatic carbocycles. The second-order valence-corrected chi connectivity index (χ2v) is 5.76. The highest BCUT2D eigenvalue weighted by Gasteiger charge is 2.54.